The van der Waals surface area contributed by atoms with E-state index in [1.54, 1.807) is 20.8 Å². The number of aryl methyl sites for hydroxylation is 2. The maximum Gasteiger partial charge on any atom is 0.203 e. The summed E-state index contributed by atoms with van der Waals surface area (Å²) in [6.07, 6.45) is 2.48. The molecule has 1 saturated carbocycles. The van der Waals surface area contributed by atoms with Gasteiger partial charge in [0.1, 0.15) is 22.8 Å². The lowest BCUT2D eigenvalue weighted by molar-refractivity contribution is -0.178. The molecular formula is C41H52O7. The van der Waals surface area contributed by atoms with Crippen molar-refractivity contribution in [3.63, 3.8) is 0 Å². The molecule has 2 aromatic rings. The second-order valence-electron chi connectivity index (χ2n) is 17.0. The quantitative estimate of drug-likeness (QED) is 0.225. The highest BCUT2D eigenvalue weighted by Crippen LogP contribution is 2.65. The second-order valence-corrected chi connectivity index (χ2v) is 17.0. The highest BCUT2D eigenvalue weighted by atomic mass is 16.3. The second kappa shape index (κ2) is 11.7. The van der Waals surface area contributed by atoms with Crippen molar-refractivity contribution >= 4 is 23.1 Å². The summed E-state index contributed by atoms with van der Waals surface area (Å²) < 4.78 is 0. The average Bonchev–Trinajstić information content (AvgIpc) is 2.94. The van der Waals surface area contributed by atoms with E-state index < -0.39 is 56.8 Å². The number of hydrogen-bond acceptors (Lipinski definition) is 7. The molecule has 48 heavy (non-hydrogen) atoms. The number of aliphatic hydroxyl groups is 3. The number of carbonyl (C=O) groups is 3. The Hall–Kier alpha value is -3.71. The number of fused-ring (bicyclic) bond motifs is 3. The number of hydrogen-bond donors (Lipinski definition) is 4. The molecule has 0 saturated heterocycles. The van der Waals surface area contributed by atoms with Gasteiger partial charge in [-0.15, -0.1) is 0 Å². The molecule has 0 radical (unpaired) electrons. The van der Waals surface area contributed by atoms with Crippen LogP contribution in [0.5, 0.6) is 5.75 Å². The van der Waals surface area contributed by atoms with Crippen LogP contribution < -0.4 is 0 Å². The van der Waals surface area contributed by atoms with Crippen LogP contribution in [0, 0.1) is 28.1 Å². The lowest BCUT2D eigenvalue weighted by Crippen LogP contribution is -2.69. The fraction of sp³-hybridized carbons (Fsp3) is 0.537. The van der Waals surface area contributed by atoms with Crippen LogP contribution in [0.2, 0.25) is 0 Å². The zero-order chi connectivity index (χ0) is 35.9. The van der Waals surface area contributed by atoms with E-state index in [-0.39, 0.29) is 47.0 Å². The lowest BCUT2D eigenvalue weighted by Gasteiger charge is -2.60. The van der Waals surface area contributed by atoms with Crippen LogP contribution in [-0.2, 0) is 40.1 Å². The zero-order valence-corrected chi connectivity index (χ0v) is 30.2. The Labute approximate surface area is 284 Å². The molecule has 258 valence electrons. The van der Waals surface area contributed by atoms with Gasteiger partial charge in [0.2, 0.25) is 5.78 Å². The van der Waals surface area contributed by atoms with Gasteiger partial charge >= 0.3 is 0 Å². The number of rotatable bonds is 7. The Morgan fingerprint density at radius 3 is 2.06 bits per heavy atom. The van der Waals surface area contributed by atoms with Gasteiger partial charge in [-0.25, -0.2) is 0 Å². The first kappa shape index (κ1) is 35.6. The van der Waals surface area contributed by atoms with E-state index in [9.17, 15) is 34.8 Å². The number of phenols is 1. The molecule has 4 atom stereocenters. The summed E-state index contributed by atoms with van der Waals surface area (Å²) >= 11 is 0. The van der Waals surface area contributed by atoms with Gasteiger partial charge in [0.25, 0.3) is 0 Å². The molecule has 0 amide bonds. The molecule has 2 aromatic carbocycles. The zero-order valence-electron chi connectivity index (χ0n) is 30.2. The third-order valence-corrected chi connectivity index (χ3v) is 11.2. The minimum absolute atomic E-state index is 0.0318. The maximum absolute atomic E-state index is 14.7. The van der Waals surface area contributed by atoms with E-state index in [2.05, 4.69) is 58.9 Å². The maximum atomic E-state index is 14.7. The smallest absolute Gasteiger partial charge is 0.203 e. The fourth-order valence-corrected chi connectivity index (χ4v) is 9.29. The van der Waals surface area contributed by atoms with Crippen molar-refractivity contribution < 1.29 is 34.8 Å². The number of aromatic hydroxyl groups is 1. The summed E-state index contributed by atoms with van der Waals surface area (Å²) in [4.78, 5) is 41.1. The standard InChI is InChI=1S/C41H52O7/c1-21(2)27-17-26(16-15-24-11-13-25(14-12-24)18-38(6,7)8)33(43)30-28(27)19-39(9)20-40(10)31(22(3)4)34(44)29(23(5)42)36(46)41(40,48)37(47)32(39)35(30)45/h11-14,17,21-22,31,43,45-46,48H,15-16,18-20H2,1-10H3/t31?,39-,40-,41+/m1/s1. The highest BCUT2D eigenvalue weighted by molar-refractivity contribution is 6.24. The van der Waals surface area contributed by atoms with E-state index in [0.29, 0.717) is 18.4 Å². The summed E-state index contributed by atoms with van der Waals surface area (Å²) in [6, 6.07) is 10.5. The normalized spacial score (nSPS) is 27.4. The van der Waals surface area contributed by atoms with Gasteiger partial charge in [0, 0.05) is 22.3 Å². The molecule has 7 heteroatoms. The van der Waals surface area contributed by atoms with Crippen LogP contribution in [0.25, 0.3) is 5.76 Å². The Morgan fingerprint density at radius 1 is 0.958 bits per heavy atom. The van der Waals surface area contributed by atoms with Gasteiger partial charge in [-0.05, 0) is 84.1 Å². The molecule has 1 fully saturated rings. The first-order chi connectivity index (χ1) is 22.1. The predicted octanol–water partition coefficient (Wildman–Crippen LogP) is 7.69. The number of Topliss-reactive ketones (excluding diaryl/α,β-unsaturated/α-hetero) is 3. The molecular weight excluding hydrogens is 604 g/mol. The topological polar surface area (TPSA) is 132 Å². The Kier molecular flexibility index (Phi) is 8.69. The van der Waals surface area contributed by atoms with Crippen molar-refractivity contribution in [2.75, 3.05) is 0 Å². The minimum atomic E-state index is -2.62. The number of ketones is 3. The highest BCUT2D eigenvalue weighted by Gasteiger charge is 2.72. The Bertz CT molecular complexity index is 1770. The number of phenolic OH excluding ortho intramolecular Hbond substituents is 1. The summed E-state index contributed by atoms with van der Waals surface area (Å²) in [5.74, 6) is -5.02. The third kappa shape index (κ3) is 5.33. The van der Waals surface area contributed by atoms with Crippen LogP contribution in [-0.4, -0.2) is 43.4 Å². The SMILES string of the molecule is CC(=O)C1=C(O)[C@]2(O)C(=O)C3=C(O)c4c(O)c(CCc5ccc(CC(C)(C)C)cc5)cc(C(C)C)c4C[C@]3(C)C[C@]2(C)C(C(C)C)C1=O. The van der Waals surface area contributed by atoms with Crippen molar-refractivity contribution in [2.24, 2.45) is 28.1 Å². The fourth-order valence-electron chi connectivity index (χ4n) is 9.29. The van der Waals surface area contributed by atoms with Crippen molar-refractivity contribution in [1.82, 2.24) is 0 Å². The summed E-state index contributed by atoms with van der Waals surface area (Å²) in [6.45, 7) is 18.9. The van der Waals surface area contributed by atoms with Gasteiger partial charge < -0.3 is 20.4 Å². The van der Waals surface area contributed by atoms with Gasteiger partial charge in [-0.2, -0.15) is 0 Å². The van der Waals surface area contributed by atoms with Crippen molar-refractivity contribution in [3.8, 4) is 5.75 Å². The minimum Gasteiger partial charge on any atom is -0.508 e. The lowest BCUT2D eigenvalue weighted by atomic mass is 9.43. The van der Waals surface area contributed by atoms with Gasteiger partial charge in [0.15, 0.2) is 17.2 Å². The summed E-state index contributed by atoms with van der Waals surface area (Å²) in [7, 11) is 0. The first-order valence-electron chi connectivity index (χ1n) is 17.2. The third-order valence-electron chi connectivity index (χ3n) is 11.2. The molecule has 5 rings (SSSR count). The number of aliphatic hydroxyl groups excluding tert-OH is 2. The molecule has 0 heterocycles. The molecule has 0 aromatic heterocycles. The van der Waals surface area contributed by atoms with Crippen LogP contribution in [0.4, 0.5) is 0 Å². The van der Waals surface area contributed by atoms with Gasteiger partial charge in [0.05, 0.1) is 5.56 Å². The Morgan fingerprint density at radius 2 is 1.54 bits per heavy atom. The van der Waals surface area contributed by atoms with Gasteiger partial charge in [-0.1, -0.05) is 92.6 Å². The van der Waals surface area contributed by atoms with E-state index in [4.69, 9.17) is 0 Å². The first-order valence-corrected chi connectivity index (χ1v) is 17.2. The molecule has 3 aliphatic rings. The van der Waals surface area contributed by atoms with Crippen LogP contribution in [0.15, 0.2) is 47.2 Å². The van der Waals surface area contributed by atoms with Gasteiger partial charge in [-0.3, -0.25) is 14.4 Å². The van der Waals surface area contributed by atoms with Crippen LogP contribution in [0.1, 0.15) is 115 Å². The Balaban J connectivity index is 1.64. The molecule has 0 spiro atoms. The van der Waals surface area contributed by atoms with Crippen molar-refractivity contribution in [3.05, 3.63) is 80.6 Å². The largest absolute Gasteiger partial charge is 0.508 e. The van der Waals surface area contributed by atoms with Crippen molar-refractivity contribution in [2.45, 2.75) is 113 Å². The van der Waals surface area contributed by atoms with E-state index in [1.165, 1.54) is 5.56 Å². The summed E-state index contributed by atoms with van der Waals surface area (Å²) in [5, 5.41) is 47.6. The summed E-state index contributed by atoms with van der Waals surface area (Å²) in [5.41, 5.74) is -0.748. The van der Waals surface area contributed by atoms with Crippen LogP contribution >= 0.6 is 0 Å². The number of benzene rings is 2. The van der Waals surface area contributed by atoms with E-state index in [0.717, 1.165) is 30.0 Å². The monoisotopic (exact) mass is 656 g/mol. The predicted molar refractivity (Wildman–Crippen MR) is 187 cm³/mol. The van der Waals surface area contributed by atoms with E-state index >= 15 is 0 Å². The van der Waals surface area contributed by atoms with Crippen LogP contribution in [0.3, 0.4) is 0 Å². The number of carbonyl (C=O) groups excluding carboxylic acids is 3. The number of allylic oxidation sites excluding steroid dienone is 1. The van der Waals surface area contributed by atoms with E-state index in [1.807, 2.05) is 13.0 Å². The van der Waals surface area contributed by atoms with Crippen molar-refractivity contribution in [1.29, 1.82) is 0 Å². The molecule has 3 aliphatic carbocycles. The molecule has 0 aliphatic heterocycles. The molecule has 4 N–H and O–H groups in total. The molecule has 0 bridgehead atoms. The average molecular weight is 657 g/mol. The molecule has 1 unspecified atom stereocenters. The molecule has 7 nitrogen and oxygen atoms in total.